The van der Waals surface area contributed by atoms with Crippen LogP contribution in [0.5, 0.6) is 0 Å². The summed E-state index contributed by atoms with van der Waals surface area (Å²) in [6.45, 7) is -0.727. The van der Waals surface area contributed by atoms with Gasteiger partial charge >= 0.3 is 12.0 Å². The van der Waals surface area contributed by atoms with Crippen molar-refractivity contribution in [2.24, 2.45) is 10.8 Å². The van der Waals surface area contributed by atoms with Crippen LogP contribution in [0, 0.1) is 10.1 Å². The average molecular weight is 336 g/mol. The number of carboxylic acid groups (broad SMARTS) is 1. The van der Waals surface area contributed by atoms with Crippen LogP contribution in [0.2, 0.25) is 0 Å². The molecule has 0 spiro atoms. The van der Waals surface area contributed by atoms with Gasteiger partial charge in [-0.15, -0.1) is 0 Å². The molecule has 126 valence electrons. The van der Waals surface area contributed by atoms with Gasteiger partial charge in [0.15, 0.2) is 5.03 Å². The van der Waals surface area contributed by atoms with Crippen LogP contribution in [-0.4, -0.2) is 45.5 Å². The molecule has 1 unspecified atom stereocenters. The molecule has 0 bridgehead atoms. The molecule has 0 saturated carbocycles. The fourth-order valence-electron chi connectivity index (χ4n) is 2.05. The zero-order valence-electron chi connectivity index (χ0n) is 12.0. The molecule has 0 aromatic heterocycles. The highest BCUT2D eigenvalue weighted by Gasteiger charge is 2.39. The second-order valence-electron chi connectivity index (χ2n) is 4.67. The van der Waals surface area contributed by atoms with Crippen LogP contribution in [-0.2, 0) is 9.59 Å². The van der Waals surface area contributed by atoms with Crippen LogP contribution in [0.3, 0.4) is 0 Å². The van der Waals surface area contributed by atoms with E-state index in [9.17, 15) is 24.5 Å². The standard InChI is InChI=1S/C12H12N6O6/c13-11(16-18(23)24)14-7-3-1-6(2-4-7)9-10(21)17(5-8(19)20)12(22)15-9/h1-4,9H,5H2,(H,15,22)(H,19,20)(H3,13,14,16). The molecule has 12 heteroatoms. The lowest BCUT2D eigenvalue weighted by Gasteiger charge is -2.11. The lowest BCUT2D eigenvalue weighted by atomic mass is 10.1. The molecule has 24 heavy (non-hydrogen) atoms. The number of carboxylic acids is 1. The Morgan fingerprint density at radius 3 is 2.58 bits per heavy atom. The van der Waals surface area contributed by atoms with Gasteiger partial charge in [0.05, 0.1) is 0 Å². The third kappa shape index (κ3) is 3.73. The first-order valence-corrected chi connectivity index (χ1v) is 6.47. The number of guanidine groups is 1. The van der Waals surface area contributed by atoms with E-state index in [1.807, 2.05) is 0 Å². The maximum Gasteiger partial charge on any atom is 0.325 e. The number of benzene rings is 1. The van der Waals surface area contributed by atoms with Crippen molar-refractivity contribution < 1.29 is 24.5 Å². The zero-order chi connectivity index (χ0) is 17.9. The van der Waals surface area contributed by atoms with Crippen molar-refractivity contribution in [2.75, 3.05) is 11.9 Å². The predicted octanol–water partition coefficient (Wildman–Crippen LogP) is -0.718. The summed E-state index contributed by atoms with van der Waals surface area (Å²) in [5.41, 5.74) is 6.08. The van der Waals surface area contributed by atoms with Gasteiger partial charge in [-0.1, -0.05) is 12.1 Å². The molecule has 5 N–H and O–H groups in total. The minimum Gasteiger partial charge on any atom is -0.480 e. The molecule has 12 nitrogen and oxygen atoms in total. The molecule has 3 amide bonds. The Balaban J connectivity index is 2.11. The van der Waals surface area contributed by atoms with Crippen molar-refractivity contribution in [1.29, 1.82) is 0 Å². The number of anilines is 1. The van der Waals surface area contributed by atoms with Gasteiger partial charge < -0.3 is 21.5 Å². The van der Waals surface area contributed by atoms with Gasteiger partial charge in [0.1, 0.15) is 17.7 Å². The van der Waals surface area contributed by atoms with Gasteiger partial charge in [0.25, 0.3) is 11.9 Å². The van der Waals surface area contributed by atoms with E-state index < -0.39 is 41.5 Å². The second kappa shape index (κ2) is 6.60. The van der Waals surface area contributed by atoms with E-state index in [-0.39, 0.29) is 0 Å². The first kappa shape index (κ1) is 16.7. The molecule has 1 heterocycles. The molecule has 0 radical (unpaired) electrons. The Bertz CT molecular complexity index is 730. The Labute approximate surface area is 134 Å². The number of nitro groups is 1. The Kier molecular flexibility index (Phi) is 4.58. The van der Waals surface area contributed by atoms with Crippen molar-refractivity contribution >= 4 is 29.6 Å². The number of nitrogens with two attached hydrogens (primary N) is 1. The molecule has 2 rings (SSSR count). The first-order valence-electron chi connectivity index (χ1n) is 6.47. The van der Waals surface area contributed by atoms with Gasteiger partial charge in [-0.2, -0.15) is 0 Å². The number of imide groups is 1. The highest BCUT2D eigenvalue weighted by Crippen LogP contribution is 2.23. The van der Waals surface area contributed by atoms with E-state index in [0.29, 0.717) is 16.2 Å². The summed E-state index contributed by atoms with van der Waals surface area (Å²) in [6.07, 6.45) is 0. The molecule has 1 saturated heterocycles. The molecule has 1 aliphatic heterocycles. The predicted molar refractivity (Wildman–Crippen MR) is 79.3 cm³/mol. The lowest BCUT2D eigenvalue weighted by Crippen LogP contribution is -2.35. The number of hydrogen-bond acceptors (Lipinski definition) is 5. The number of carbonyl (C=O) groups is 3. The molecule has 0 aliphatic carbocycles. The third-order valence-corrected chi connectivity index (χ3v) is 3.03. The molecule has 1 aromatic rings. The first-order chi connectivity index (χ1) is 11.3. The Morgan fingerprint density at radius 2 is 2.04 bits per heavy atom. The van der Waals surface area contributed by atoms with Crippen LogP contribution >= 0.6 is 0 Å². The van der Waals surface area contributed by atoms with E-state index in [1.54, 1.807) is 0 Å². The molecular weight excluding hydrogens is 324 g/mol. The maximum absolute atomic E-state index is 12.1. The summed E-state index contributed by atoms with van der Waals surface area (Å²) in [7, 11) is 0. The Morgan fingerprint density at radius 1 is 1.42 bits per heavy atom. The SMILES string of the molecule is NC(=N[N+](=O)[O-])Nc1ccc(C2NC(=O)N(CC(=O)O)C2=O)cc1. The third-order valence-electron chi connectivity index (χ3n) is 3.03. The number of hydrogen-bond donors (Lipinski definition) is 4. The van der Waals surface area contributed by atoms with Crippen molar-refractivity contribution in [3.05, 3.63) is 39.9 Å². The van der Waals surface area contributed by atoms with Crippen molar-refractivity contribution in [3.63, 3.8) is 0 Å². The lowest BCUT2D eigenvalue weighted by molar-refractivity contribution is -0.485. The number of carbonyl (C=O) groups excluding carboxylic acids is 2. The smallest absolute Gasteiger partial charge is 0.325 e. The minimum absolute atomic E-state index is 0.376. The normalized spacial score (nSPS) is 17.6. The summed E-state index contributed by atoms with van der Waals surface area (Å²) >= 11 is 0. The summed E-state index contributed by atoms with van der Waals surface area (Å²) in [5, 5.41) is 25.6. The minimum atomic E-state index is -1.31. The largest absolute Gasteiger partial charge is 0.480 e. The van der Waals surface area contributed by atoms with Crippen molar-refractivity contribution in [2.45, 2.75) is 6.04 Å². The zero-order valence-corrected chi connectivity index (χ0v) is 12.0. The van der Waals surface area contributed by atoms with Crippen LogP contribution < -0.4 is 16.4 Å². The maximum atomic E-state index is 12.1. The molecule has 1 fully saturated rings. The number of urea groups is 1. The number of nitrogens with one attached hydrogen (secondary N) is 2. The fraction of sp³-hybridized carbons (Fsp3) is 0.167. The molecule has 1 aromatic carbocycles. The summed E-state index contributed by atoms with van der Waals surface area (Å²) in [5.74, 6) is -2.41. The number of hydrazone groups is 1. The van der Waals surface area contributed by atoms with Crippen molar-refractivity contribution in [1.82, 2.24) is 10.2 Å². The van der Waals surface area contributed by atoms with Gasteiger partial charge in [-0.3, -0.25) is 14.5 Å². The summed E-state index contributed by atoms with van der Waals surface area (Å²) < 4.78 is 0. The van der Waals surface area contributed by atoms with E-state index in [4.69, 9.17) is 10.8 Å². The number of amides is 3. The fourth-order valence-corrected chi connectivity index (χ4v) is 2.05. The van der Waals surface area contributed by atoms with Crippen LogP contribution in [0.15, 0.2) is 29.4 Å². The number of aliphatic carboxylic acids is 1. The van der Waals surface area contributed by atoms with Crippen LogP contribution in [0.1, 0.15) is 11.6 Å². The summed E-state index contributed by atoms with van der Waals surface area (Å²) in [6, 6.07) is 4.10. The van der Waals surface area contributed by atoms with E-state index in [0.717, 1.165) is 0 Å². The average Bonchev–Trinajstić information content (AvgIpc) is 2.75. The van der Waals surface area contributed by atoms with Crippen molar-refractivity contribution in [3.8, 4) is 0 Å². The quantitative estimate of drug-likeness (QED) is 0.179. The monoisotopic (exact) mass is 336 g/mol. The molecular formula is C12H12N6O6. The van der Waals surface area contributed by atoms with Crippen LogP contribution in [0.4, 0.5) is 10.5 Å². The van der Waals surface area contributed by atoms with Gasteiger partial charge in [-0.05, 0) is 17.7 Å². The van der Waals surface area contributed by atoms with Gasteiger partial charge in [0, 0.05) is 5.69 Å². The highest BCUT2D eigenvalue weighted by atomic mass is 16.7. The number of nitrogens with zero attached hydrogens (tertiary/aromatic N) is 3. The van der Waals surface area contributed by atoms with E-state index in [2.05, 4.69) is 15.7 Å². The summed E-state index contributed by atoms with van der Waals surface area (Å²) in [4.78, 5) is 45.2. The molecule has 1 aliphatic rings. The molecule has 1 atom stereocenters. The van der Waals surface area contributed by atoms with Gasteiger partial charge in [0.2, 0.25) is 0 Å². The highest BCUT2D eigenvalue weighted by molar-refractivity contribution is 6.06. The van der Waals surface area contributed by atoms with Gasteiger partial charge in [-0.25, -0.2) is 14.9 Å². The Hall–Kier alpha value is -3.70. The van der Waals surface area contributed by atoms with Crippen LogP contribution in [0.25, 0.3) is 0 Å². The topological polar surface area (TPSA) is 180 Å². The number of rotatable bonds is 5. The second-order valence-corrected chi connectivity index (χ2v) is 4.67. The van der Waals surface area contributed by atoms with E-state index in [1.165, 1.54) is 24.3 Å². The van der Waals surface area contributed by atoms with E-state index >= 15 is 0 Å².